The quantitative estimate of drug-likeness (QED) is 0.829. The first-order valence-electron chi connectivity index (χ1n) is 6.69. The lowest BCUT2D eigenvalue weighted by atomic mass is 10.1. The van der Waals surface area contributed by atoms with E-state index in [4.69, 9.17) is 10.5 Å². The van der Waals surface area contributed by atoms with Crippen molar-refractivity contribution in [3.63, 3.8) is 0 Å². The van der Waals surface area contributed by atoms with Crippen molar-refractivity contribution in [3.8, 4) is 0 Å². The molecule has 1 heterocycles. The zero-order valence-electron chi connectivity index (χ0n) is 10.7. The average molecular weight is 253 g/mol. The summed E-state index contributed by atoms with van der Waals surface area (Å²) >= 11 is 1.80. The lowest BCUT2D eigenvalue weighted by Gasteiger charge is -2.15. The van der Waals surface area contributed by atoms with Gasteiger partial charge in [0.1, 0.15) is 0 Å². The second-order valence-electron chi connectivity index (χ2n) is 4.92. The Hall–Kier alpha value is -0.380. The fourth-order valence-corrected chi connectivity index (χ4v) is 3.37. The molecular weight excluding hydrogens is 230 g/mol. The van der Waals surface area contributed by atoms with Gasteiger partial charge < -0.3 is 10.5 Å². The van der Waals surface area contributed by atoms with Gasteiger partial charge >= 0.3 is 0 Å². The fraction of sp³-hybridized carbons (Fsp3) is 0.714. The minimum atomic E-state index is 0.484. The van der Waals surface area contributed by atoms with Crippen LogP contribution in [0.4, 0.5) is 0 Å². The predicted molar refractivity (Wildman–Crippen MR) is 73.2 cm³/mol. The first kappa shape index (κ1) is 13.1. The highest BCUT2D eigenvalue weighted by atomic mass is 32.1. The summed E-state index contributed by atoms with van der Waals surface area (Å²) in [5, 5.41) is 0. The molecule has 1 aliphatic carbocycles. The van der Waals surface area contributed by atoms with Gasteiger partial charge in [-0.1, -0.05) is 25.7 Å². The first-order valence-corrected chi connectivity index (χ1v) is 7.51. The highest BCUT2D eigenvalue weighted by molar-refractivity contribution is 7.12. The van der Waals surface area contributed by atoms with Gasteiger partial charge in [0.2, 0.25) is 0 Å². The van der Waals surface area contributed by atoms with Crippen molar-refractivity contribution < 1.29 is 4.74 Å². The van der Waals surface area contributed by atoms with E-state index in [0.29, 0.717) is 12.6 Å². The van der Waals surface area contributed by atoms with Crippen molar-refractivity contribution in [2.45, 2.75) is 64.7 Å². The summed E-state index contributed by atoms with van der Waals surface area (Å²) in [6.07, 6.45) is 8.41. The van der Waals surface area contributed by atoms with Gasteiger partial charge in [-0.2, -0.15) is 0 Å². The number of aryl methyl sites for hydroxylation is 1. The Bertz CT molecular complexity index is 340. The minimum absolute atomic E-state index is 0.484. The van der Waals surface area contributed by atoms with Crippen molar-refractivity contribution in [1.82, 2.24) is 0 Å². The lowest BCUT2D eigenvalue weighted by Crippen LogP contribution is -2.11. The van der Waals surface area contributed by atoms with Crippen LogP contribution in [0.1, 0.15) is 53.8 Å². The molecular formula is C14H23NOS. The molecule has 1 saturated carbocycles. The molecule has 0 bridgehead atoms. The van der Waals surface area contributed by atoms with Gasteiger partial charge in [0.15, 0.2) is 0 Å². The second kappa shape index (κ2) is 6.53. The van der Waals surface area contributed by atoms with Crippen molar-refractivity contribution in [1.29, 1.82) is 0 Å². The highest BCUT2D eigenvalue weighted by Gasteiger charge is 2.13. The van der Waals surface area contributed by atoms with Crippen LogP contribution < -0.4 is 5.73 Å². The van der Waals surface area contributed by atoms with E-state index >= 15 is 0 Å². The predicted octanol–water partition coefficient (Wildman–Crippen LogP) is 3.75. The molecule has 1 aromatic rings. The smallest absolute Gasteiger partial charge is 0.0731 e. The summed E-state index contributed by atoms with van der Waals surface area (Å²) in [7, 11) is 0. The first-order chi connectivity index (χ1) is 8.29. The molecule has 2 N–H and O–H groups in total. The summed E-state index contributed by atoms with van der Waals surface area (Å²) in [4.78, 5) is 2.63. The second-order valence-corrected chi connectivity index (χ2v) is 6.26. The molecule has 0 unspecified atom stereocenters. The number of nitrogens with two attached hydrogens (primary N) is 1. The normalized spacial score (nSPS) is 18.2. The van der Waals surface area contributed by atoms with E-state index in [1.807, 2.05) is 0 Å². The molecule has 0 atom stereocenters. The number of ether oxygens (including phenoxy) is 1. The monoisotopic (exact) mass is 253 g/mol. The molecule has 0 aliphatic heterocycles. The molecule has 96 valence electrons. The van der Waals surface area contributed by atoms with Crippen LogP contribution >= 0.6 is 11.3 Å². The number of hydrogen-bond acceptors (Lipinski definition) is 3. The third-order valence-corrected chi connectivity index (χ3v) is 4.66. The molecule has 17 heavy (non-hydrogen) atoms. The van der Waals surface area contributed by atoms with E-state index in [2.05, 4.69) is 13.0 Å². The molecule has 3 heteroatoms. The van der Waals surface area contributed by atoms with Crippen LogP contribution in [-0.4, -0.2) is 6.10 Å². The van der Waals surface area contributed by atoms with Crippen LogP contribution in [0.3, 0.4) is 0 Å². The summed E-state index contributed by atoms with van der Waals surface area (Å²) in [5.74, 6) is 0. The highest BCUT2D eigenvalue weighted by Crippen LogP contribution is 2.25. The molecule has 0 aromatic carbocycles. The Labute approximate surface area is 108 Å². The Morgan fingerprint density at radius 3 is 2.59 bits per heavy atom. The van der Waals surface area contributed by atoms with Gasteiger partial charge in [0.05, 0.1) is 12.7 Å². The lowest BCUT2D eigenvalue weighted by molar-refractivity contribution is 0.0309. The van der Waals surface area contributed by atoms with Crippen LogP contribution in [0.5, 0.6) is 0 Å². The van der Waals surface area contributed by atoms with Gasteiger partial charge in [-0.3, -0.25) is 0 Å². The van der Waals surface area contributed by atoms with E-state index < -0.39 is 0 Å². The third kappa shape index (κ3) is 3.80. The van der Waals surface area contributed by atoms with Gasteiger partial charge in [-0.05, 0) is 31.4 Å². The van der Waals surface area contributed by atoms with Crippen molar-refractivity contribution >= 4 is 11.3 Å². The van der Waals surface area contributed by atoms with Gasteiger partial charge in [0.25, 0.3) is 0 Å². The van der Waals surface area contributed by atoms with Crippen molar-refractivity contribution in [3.05, 3.63) is 21.4 Å². The standard InChI is InChI=1S/C14H23NOS/c1-11-12(8-14(9-15)17-11)10-16-13-6-4-2-3-5-7-13/h8,13H,2-7,9-10,15H2,1H3. The Morgan fingerprint density at radius 2 is 2.00 bits per heavy atom. The van der Waals surface area contributed by atoms with E-state index in [9.17, 15) is 0 Å². The molecule has 1 aliphatic rings. The Balaban J connectivity index is 1.85. The van der Waals surface area contributed by atoms with Crippen LogP contribution in [-0.2, 0) is 17.9 Å². The third-order valence-electron chi connectivity index (χ3n) is 3.55. The van der Waals surface area contributed by atoms with Crippen LogP contribution in [0.2, 0.25) is 0 Å². The van der Waals surface area contributed by atoms with E-state index in [1.54, 1.807) is 11.3 Å². The maximum absolute atomic E-state index is 6.05. The zero-order chi connectivity index (χ0) is 12.1. The van der Waals surface area contributed by atoms with Crippen molar-refractivity contribution in [2.75, 3.05) is 0 Å². The van der Waals surface area contributed by atoms with Crippen LogP contribution in [0, 0.1) is 6.92 Å². The minimum Gasteiger partial charge on any atom is -0.374 e. The molecule has 1 aromatic heterocycles. The molecule has 0 spiro atoms. The van der Waals surface area contributed by atoms with Crippen LogP contribution in [0.25, 0.3) is 0 Å². The summed E-state index contributed by atoms with van der Waals surface area (Å²) < 4.78 is 6.05. The fourth-order valence-electron chi connectivity index (χ4n) is 2.45. The van der Waals surface area contributed by atoms with Gasteiger partial charge in [-0.25, -0.2) is 0 Å². The SMILES string of the molecule is Cc1sc(CN)cc1COC1CCCCCC1. The molecule has 2 rings (SSSR count). The summed E-state index contributed by atoms with van der Waals surface area (Å²) in [6.45, 7) is 3.58. The van der Waals surface area contributed by atoms with E-state index in [1.165, 1.54) is 53.8 Å². The average Bonchev–Trinajstić information content (AvgIpc) is 2.55. The maximum Gasteiger partial charge on any atom is 0.0731 e. The largest absolute Gasteiger partial charge is 0.374 e. The zero-order valence-corrected chi connectivity index (χ0v) is 11.5. The Kier molecular flexibility index (Phi) is 5.01. The topological polar surface area (TPSA) is 35.2 Å². The number of thiophene rings is 1. The van der Waals surface area contributed by atoms with Gasteiger partial charge in [-0.15, -0.1) is 11.3 Å². The summed E-state index contributed by atoms with van der Waals surface area (Å²) in [5.41, 5.74) is 6.99. The Morgan fingerprint density at radius 1 is 1.29 bits per heavy atom. The molecule has 1 fully saturated rings. The van der Waals surface area contributed by atoms with E-state index in [0.717, 1.165) is 6.61 Å². The van der Waals surface area contributed by atoms with Crippen molar-refractivity contribution in [2.24, 2.45) is 5.73 Å². The molecule has 2 nitrogen and oxygen atoms in total. The number of rotatable bonds is 4. The molecule has 0 radical (unpaired) electrons. The van der Waals surface area contributed by atoms with Gasteiger partial charge in [0, 0.05) is 16.3 Å². The molecule has 0 saturated heterocycles. The maximum atomic E-state index is 6.05. The number of hydrogen-bond donors (Lipinski definition) is 1. The molecule has 0 amide bonds. The van der Waals surface area contributed by atoms with E-state index in [-0.39, 0.29) is 0 Å². The van der Waals surface area contributed by atoms with Crippen LogP contribution in [0.15, 0.2) is 6.07 Å². The summed E-state index contributed by atoms with van der Waals surface area (Å²) in [6, 6.07) is 2.21.